The zero-order valence-electron chi connectivity index (χ0n) is 12.4. The fraction of sp³-hybridized carbons (Fsp3) is 0.294. The molecule has 1 atom stereocenters. The van der Waals surface area contributed by atoms with E-state index in [2.05, 4.69) is 10.2 Å². The number of furan rings is 1. The largest absolute Gasteiger partial charge is 0.458 e. The van der Waals surface area contributed by atoms with E-state index in [1.807, 2.05) is 51.1 Å². The standard InChI is InChI=1S/C17H18N2O2/c1-4-14-13(8-11(3)18-19-14)17(20)16-9-12-7-10(2)5-6-15(12)21-16/h5-9,17,20H,4H2,1-3H3. The minimum Gasteiger partial charge on any atom is -0.458 e. The molecule has 0 amide bonds. The fourth-order valence-corrected chi connectivity index (χ4v) is 2.52. The summed E-state index contributed by atoms with van der Waals surface area (Å²) >= 11 is 0. The lowest BCUT2D eigenvalue weighted by atomic mass is 10.0. The summed E-state index contributed by atoms with van der Waals surface area (Å²) < 4.78 is 5.78. The van der Waals surface area contributed by atoms with E-state index >= 15 is 0 Å². The molecule has 0 aliphatic rings. The predicted molar refractivity (Wildman–Crippen MR) is 81.2 cm³/mol. The van der Waals surface area contributed by atoms with Gasteiger partial charge in [-0.25, -0.2) is 0 Å². The Balaban J connectivity index is 2.07. The van der Waals surface area contributed by atoms with Crippen LogP contribution in [0.1, 0.15) is 41.3 Å². The third kappa shape index (κ3) is 2.54. The van der Waals surface area contributed by atoms with Crippen LogP contribution in [-0.2, 0) is 6.42 Å². The Labute approximate surface area is 123 Å². The highest BCUT2D eigenvalue weighted by atomic mass is 16.4. The van der Waals surface area contributed by atoms with Gasteiger partial charge >= 0.3 is 0 Å². The average Bonchev–Trinajstić information content (AvgIpc) is 2.89. The van der Waals surface area contributed by atoms with Crippen molar-refractivity contribution in [3.05, 3.63) is 58.6 Å². The van der Waals surface area contributed by atoms with Gasteiger partial charge in [0.2, 0.25) is 0 Å². The van der Waals surface area contributed by atoms with Crippen LogP contribution in [0.25, 0.3) is 11.0 Å². The van der Waals surface area contributed by atoms with Gasteiger partial charge in [0.15, 0.2) is 0 Å². The van der Waals surface area contributed by atoms with Crippen molar-refractivity contribution in [3.63, 3.8) is 0 Å². The first-order valence-corrected chi connectivity index (χ1v) is 7.09. The lowest BCUT2D eigenvalue weighted by Crippen LogP contribution is -2.07. The third-order valence-corrected chi connectivity index (χ3v) is 3.62. The molecule has 2 aromatic heterocycles. The number of fused-ring (bicyclic) bond motifs is 1. The Hall–Kier alpha value is -2.20. The SMILES string of the molecule is CCc1nnc(C)cc1C(O)c1cc2cc(C)ccc2o1. The van der Waals surface area contributed by atoms with Gasteiger partial charge < -0.3 is 9.52 Å². The van der Waals surface area contributed by atoms with Crippen molar-refractivity contribution in [2.75, 3.05) is 0 Å². The Morgan fingerprint density at radius 1 is 1.14 bits per heavy atom. The van der Waals surface area contributed by atoms with E-state index in [1.165, 1.54) is 5.56 Å². The maximum atomic E-state index is 10.6. The predicted octanol–water partition coefficient (Wildman–Crippen LogP) is 3.48. The van der Waals surface area contributed by atoms with E-state index in [1.54, 1.807) is 0 Å². The highest BCUT2D eigenvalue weighted by molar-refractivity contribution is 5.78. The molecule has 108 valence electrons. The molecule has 1 aromatic carbocycles. The van der Waals surface area contributed by atoms with Crippen LogP contribution in [0.5, 0.6) is 0 Å². The molecule has 0 saturated heterocycles. The molecular formula is C17H18N2O2. The maximum Gasteiger partial charge on any atom is 0.139 e. The van der Waals surface area contributed by atoms with E-state index in [-0.39, 0.29) is 0 Å². The molecule has 0 saturated carbocycles. The van der Waals surface area contributed by atoms with Crippen molar-refractivity contribution in [1.29, 1.82) is 0 Å². The highest BCUT2D eigenvalue weighted by Crippen LogP contribution is 2.30. The molecular weight excluding hydrogens is 264 g/mol. The summed E-state index contributed by atoms with van der Waals surface area (Å²) in [4.78, 5) is 0. The topological polar surface area (TPSA) is 59.2 Å². The number of hydrogen-bond donors (Lipinski definition) is 1. The smallest absolute Gasteiger partial charge is 0.139 e. The Bertz CT molecular complexity index is 793. The van der Waals surface area contributed by atoms with Crippen LogP contribution in [0.2, 0.25) is 0 Å². The fourth-order valence-electron chi connectivity index (χ4n) is 2.52. The van der Waals surface area contributed by atoms with E-state index in [0.717, 1.165) is 34.3 Å². The molecule has 21 heavy (non-hydrogen) atoms. The molecule has 0 aliphatic heterocycles. The van der Waals surface area contributed by atoms with Crippen molar-refractivity contribution >= 4 is 11.0 Å². The number of hydrogen-bond acceptors (Lipinski definition) is 4. The molecule has 2 heterocycles. The van der Waals surface area contributed by atoms with Gasteiger partial charge in [-0.05, 0) is 44.5 Å². The number of rotatable bonds is 3. The van der Waals surface area contributed by atoms with Gasteiger partial charge in [0.05, 0.1) is 11.4 Å². The minimum atomic E-state index is -0.818. The zero-order chi connectivity index (χ0) is 15.0. The van der Waals surface area contributed by atoms with Crippen molar-refractivity contribution in [3.8, 4) is 0 Å². The molecule has 1 N–H and O–H groups in total. The molecule has 0 radical (unpaired) electrons. The van der Waals surface area contributed by atoms with Crippen molar-refractivity contribution in [2.45, 2.75) is 33.3 Å². The van der Waals surface area contributed by atoms with Crippen LogP contribution in [0.3, 0.4) is 0 Å². The van der Waals surface area contributed by atoms with Crippen molar-refractivity contribution in [2.24, 2.45) is 0 Å². The second-order valence-electron chi connectivity index (χ2n) is 5.33. The number of benzene rings is 1. The van der Waals surface area contributed by atoms with Crippen LogP contribution in [0.4, 0.5) is 0 Å². The van der Waals surface area contributed by atoms with Gasteiger partial charge in [-0.15, -0.1) is 0 Å². The maximum absolute atomic E-state index is 10.6. The average molecular weight is 282 g/mol. The molecule has 3 rings (SSSR count). The number of aliphatic hydroxyl groups excluding tert-OH is 1. The second kappa shape index (κ2) is 5.30. The number of aryl methyl sites for hydroxylation is 3. The number of aliphatic hydroxyl groups is 1. The number of nitrogens with zero attached hydrogens (tertiary/aromatic N) is 2. The lowest BCUT2D eigenvalue weighted by Gasteiger charge is -2.11. The summed E-state index contributed by atoms with van der Waals surface area (Å²) in [7, 11) is 0. The van der Waals surface area contributed by atoms with Crippen LogP contribution in [0, 0.1) is 13.8 Å². The van der Waals surface area contributed by atoms with Crippen LogP contribution in [-0.4, -0.2) is 15.3 Å². The second-order valence-corrected chi connectivity index (χ2v) is 5.33. The molecule has 0 bridgehead atoms. The zero-order valence-corrected chi connectivity index (χ0v) is 12.4. The summed E-state index contributed by atoms with van der Waals surface area (Å²) in [6, 6.07) is 9.73. The molecule has 4 nitrogen and oxygen atoms in total. The molecule has 0 aliphatic carbocycles. The molecule has 4 heteroatoms. The summed E-state index contributed by atoms with van der Waals surface area (Å²) in [6.07, 6.45) is -0.0965. The van der Waals surface area contributed by atoms with Gasteiger partial charge in [-0.2, -0.15) is 10.2 Å². The normalized spacial score (nSPS) is 12.8. The third-order valence-electron chi connectivity index (χ3n) is 3.62. The first kappa shape index (κ1) is 13.8. The van der Waals surface area contributed by atoms with Crippen LogP contribution < -0.4 is 0 Å². The number of aromatic nitrogens is 2. The Morgan fingerprint density at radius 3 is 2.71 bits per heavy atom. The van der Waals surface area contributed by atoms with E-state index in [9.17, 15) is 5.11 Å². The Kier molecular flexibility index (Phi) is 3.47. The van der Waals surface area contributed by atoms with Crippen molar-refractivity contribution in [1.82, 2.24) is 10.2 Å². The first-order chi connectivity index (χ1) is 10.1. The van der Waals surface area contributed by atoms with Crippen LogP contribution >= 0.6 is 0 Å². The molecule has 1 unspecified atom stereocenters. The molecule has 3 aromatic rings. The minimum absolute atomic E-state index is 0.540. The van der Waals surface area contributed by atoms with Gasteiger partial charge in [-0.3, -0.25) is 0 Å². The summed E-state index contributed by atoms with van der Waals surface area (Å²) in [5.74, 6) is 0.540. The lowest BCUT2D eigenvalue weighted by molar-refractivity contribution is 0.190. The van der Waals surface area contributed by atoms with E-state index in [0.29, 0.717) is 5.76 Å². The van der Waals surface area contributed by atoms with Gasteiger partial charge in [0.25, 0.3) is 0 Å². The van der Waals surface area contributed by atoms with E-state index in [4.69, 9.17) is 4.42 Å². The molecule has 0 fully saturated rings. The summed E-state index contributed by atoms with van der Waals surface area (Å²) in [6.45, 7) is 5.90. The van der Waals surface area contributed by atoms with Crippen LogP contribution in [0.15, 0.2) is 34.7 Å². The summed E-state index contributed by atoms with van der Waals surface area (Å²) in [5.41, 5.74) is 4.30. The van der Waals surface area contributed by atoms with Gasteiger partial charge in [-0.1, -0.05) is 18.6 Å². The van der Waals surface area contributed by atoms with Crippen molar-refractivity contribution < 1.29 is 9.52 Å². The van der Waals surface area contributed by atoms with E-state index < -0.39 is 6.10 Å². The van der Waals surface area contributed by atoms with Gasteiger partial charge in [0.1, 0.15) is 17.4 Å². The highest BCUT2D eigenvalue weighted by Gasteiger charge is 2.19. The molecule has 0 spiro atoms. The first-order valence-electron chi connectivity index (χ1n) is 7.09. The Morgan fingerprint density at radius 2 is 1.95 bits per heavy atom. The quantitative estimate of drug-likeness (QED) is 0.799. The summed E-state index contributed by atoms with van der Waals surface area (Å²) in [5, 5.41) is 19.8. The van der Waals surface area contributed by atoms with Gasteiger partial charge in [0, 0.05) is 10.9 Å². The monoisotopic (exact) mass is 282 g/mol.